The summed E-state index contributed by atoms with van der Waals surface area (Å²) in [6.45, 7) is 2.28. The predicted molar refractivity (Wildman–Crippen MR) is 90.6 cm³/mol. The SMILES string of the molecule is COc1ccccc1S[C@H](c1cccc(F)c1)C1CNCCO1. The van der Waals surface area contributed by atoms with Crippen molar-refractivity contribution in [3.63, 3.8) is 0 Å². The van der Waals surface area contributed by atoms with Crippen molar-refractivity contribution < 1.29 is 13.9 Å². The molecule has 1 saturated heterocycles. The minimum atomic E-state index is -0.225. The highest BCUT2D eigenvalue weighted by Crippen LogP contribution is 2.43. The monoisotopic (exact) mass is 333 g/mol. The highest BCUT2D eigenvalue weighted by atomic mass is 32.2. The van der Waals surface area contributed by atoms with Crippen LogP contribution in [0.4, 0.5) is 4.39 Å². The maximum atomic E-state index is 13.7. The second-order valence-electron chi connectivity index (χ2n) is 5.36. The number of rotatable bonds is 5. The Bertz CT molecular complexity index is 646. The smallest absolute Gasteiger partial charge is 0.132 e. The zero-order chi connectivity index (χ0) is 16.1. The van der Waals surface area contributed by atoms with E-state index in [4.69, 9.17) is 9.47 Å². The largest absolute Gasteiger partial charge is 0.496 e. The molecule has 0 amide bonds. The van der Waals surface area contributed by atoms with Crippen LogP contribution in [0.2, 0.25) is 0 Å². The van der Waals surface area contributed by atoms with Crippen molar-refractivity contribution in [1.29, 1.82) is 0 Å². The zero-order valence-electron chi connectivity index (χ0n) is 13.0. The lowest BCUT2D eigenvalue weighted by molar-refractivity contribution is 0.0273. The third-order valence-electron chi connectivity index (χ3n) is 3.79. The molecule has 5 heteroatoms. The molecule has 0 bridgehead atoms. The Hall–Kier alpha value is -1.56. The van der Waals surface area contributed by atoms with Gasteiger partial charge in [-0.05, 0) is 29.8 Å². The van der Waals surface area contributed by atoms with E-state index in [2.05, 4.69) is 5.32 Å². The van der Waals surface area contributed by atoms with E-state index in [9.17, 15) is 4.39 Å². The van der Waals surface area contributed by atoms with E-state index < -0.39 is 0 Å². The molecule has 0 radical (unpaired) electrons. The van der Waals surface area contributed by atoms with Gasteiger partial charge in [-0.15, -0.1) is 11.8 Å². The van der Waals surface area contributed by atoms with Crippen molar-refractivity contribution >= 4 is 11.8 Å². The number of morpholine rings is 1. The summed E-state index contributed by atoms with van der Waals surface area (Å²) >= 11 is 1.65. The molecule has 0 aromatic heterocycles. The van der Waals surface area contributed by atoms with Crippen LogP contribution < -0.4 is 10.1 Å². The van der Waals surface area contributed by atoms with Crippen molar-refractivity contribution in [2.45, 2.75) is 16.2 Å². The van der Waals surface area contributed by atoms with Gasteiger partial charge in [-0.25, -0.2) is 4.39 Å². The van der Waals surface area contributed by atoms with Crippen LogP contribution in [0.3, 0.4) is 0 Å². The van der Waals surface area contributed by atoms with Gasteiger partial charge in [0.05, 0.1) is 30.0 Å². The van der Waals surface area contributed by atoms with Gasteiger partial charge in [-0.1, -0.05) is 24.3 Å². The van der Waals surface area contributed by atoms with Gasteiger partial charge in [0.25, 0.3) is 0 Å². The second kappa shape index (κ2) is 7.81. The van der Waals surface area contributed by atoms with Crippen LogP contribution in [-0.2, 0) is 4.74 Å². The molecule has 1 heterocycles. The van der Waals surface area contributed by atoms with Gasteiger partial charge >= 0.3 is 0 Å². The van der Waals surface area contributed by atoms with E-state index in [1.54, 1.807) is 31.0 Å². The van der Waals surface area contributed by atoms with Crippen LogP contribution in [0.5, 0.6) is 5.75 Å². The number of benzene rings is 2. The van der Waals surface area contributed by atoms with E-state index in [1.165, 1.54) is 6.07 Å². The Labute approximate surface area is 140 Å². The third-order valence-corrected chi connectivity index (χ3v) is 5.22. The standard InChI is InChI=1S/C18H20FNO2S/c1-21-15-7-2-3-8-17(15)23-18(16-12-20-9-10-22-16)13-5-4-6-14(19)11-13/h2-8,11,16,18,20H,9-10,12H2,1H3/t16?,18-/m1/s1. The second-order valence-corrected chi connectivity index (χ2v) is 6.54. The average Bonchev–Trinajstić information content (AvgIpc) is 2.60. The maximum absolute atomic E-state index is 13.7. The lowest BCUT2D eigenvalue weighted by atomic mass is 10.1. The molecule has 0 aliphatic carbocycles. The Kier molecular flexibility index (Phi) is 5.54. The molecule has 2 aromatic carbocycles. The van der Waals surface area contributed by atoms with Gasteiger partial charge in [0.2, 0.25) is 0 Å². The summed E-state index contributed by atoms with van der Waals surface area (Å²) in [6, 6.07) is 14.6. The predicted octanol–water partition coefficient (Wildman–Crippen LogP) is 3.66. The number of ether oxygens (including phenoxy) is 2. The molecule has 1 fully saturated rings. The average molecular weight is 333 g/mol. The number of hydrogen-bond acceptors (Lipinski definition) is 4. The highest BCUT2D eigenvalue weighted by molar-refractivity contribution is 7.99. The Morgan fingerprint density at radius 1 is 1.26 bits per heavy atom. The molecule has 122 valence electrons. The van der Waals surface area contributed by atoms with Gasteiger partial charge in [0.1, 0.15) is 11.6 Å². The molecule has 2 atom stereocenters. The Balaban J connectivity index is 1.91. The number of hydrogen-bond donors (Lipinski definition) is 1. The first kappa shape index (κ1) is 16.3. The fraction of sp³-hybridized carbons (Fsp3) is 0.333. The molecular weight excluding hydrogens is 313 g/mol. The maximum Gasteiger partial charge on any atom is 0.132 e. The summed E-state index contributed by atoms with van der Waals surface area (Å²) in [6.07, 6.45) is -0.0135. The molecule has 1 N–H and O–H groups in total. The number of thioether (sulfide) groups is 1. The quantitative estimate of drug-likeness (QED) is 0.846. The van der Waals surface area contributed by atoms with Crippen molar-refractivity contribution in [1.82, 2.24) is 5.32 Å². The van der Waals surface area contributed by atoms with Gasteiger partial charge < -0.3 is 14.8 Å². The molecule has 3 rings (SSSR count). The summed E-state index contributed by atoms with van der Waals surface area (Å²) < 4.78 is 25.1. The fourth-order valence-corrected chi connectivity index (χ4v) is 3.98. The molecule has 0 saturated carbocycles. The van der Waals surface area contributed by atoms with Gasteiger partial charge in [-0.3, -0.25) is 0 Å². The van der Waals surface area contributed by atoms with Crippen LogP contribution >= 0.6 is 11.8 Å². The van der Waals surface area contributed by atoms with Crippen LogP contribution in [-0.4, -0.2) is 32.9 Å². The van der Waals surface area contributed by atoms with E-state index in [0.717, 1.165) is 29.3 Å². The molecule has 3 nitrogen and oxygen atoms in total. The van der Waals surface area contributed by atoms with E-state index in [1.807, 2.05) is 30.3 Å². The van der Waals surface area contributed by atoms with E-state index in [-0.39, 0.29) is 17.2 Å². The fourth-order valence-electron chi connectivity index (χ4n) is 2.68. The van der Waals surface area contributed by atoms with Gasteiger partial charge in [-0.2, -0.15) is 0 Å². The minimum absolute atomic E-state index is 0.00481. The summed E-state index contributed by atoms with van der Waals surface area (Å²) in [5, 5.41) is 3.35. The van der Waals surface area contributed by atoms with Gasteiger partial charge in [0, 0.05) is 13.1 Å². The minimum Gasteiger partial charge on any atom is -0.496 e. The van der Waals surface area contributed by atoms with Crippen LogP contribution in [0.25, 0.3) is 0 Å². The summed E-state index contributed by atoms with van der Waals surface area (Å²) in [5.74, 6) is 0.597. The van der Waals surface area contributed by atoms with E-state index >= 15 is 0 Å². The molecule has 23 heavy (non-hydrogen) atoms. The van der Waals surface area contributed by atoms with Crippen molar-refractivity contribution in [3.8, 4) is 5.75 Å². The van der Waals surface area contributed by atoms with E-state index in [0.29, 0.717) is 6.61 Å². The number of methoxy groups -OCH3 is 1. The van der Waals surface area contributed by atoms with Crippen molar-refractivity contribution in [2.75, 3.05) is 26.8 Å². The normalized spacial score (nSPS) is 19.3. The summed E-state index contributed by atoms with van der Waals surface area (Å²) in [4.78, 5) is 1.03. The van der Waals surface area contributed by atoms with Crippen LogP contribution in [0, 0.1) is 5.82 Å². The van der Waals surface area contributed by atoms with Crippen LogP contribution in [0.15, 0.2) is 53.4 Å². The number of halogens is 1. The van der Waals surface area contributed by atoms with Crippen molar-refractivity contribution in [2.24, 2.45) is 0 Å². The third kappa shape index (κ3) is 4.05. The first-order valence-corrected chi connectivity index (χ1v) is 8.53. The number of para-hydroxylation sites is 1. The lowest BCUT2D eigenvalue weighted by Gasteiger charge is -2.31. The highest BCUT2D eigenvalue weighted by Gasteiger charge is 2.28. The van der Waals surface area contributed by atoms with Crippen molar-refractivity contribution in [3.05, 3.63) is 59.9 Å². The molecule has 1 unspecified atom stereocenters. The Morgan fingerprint density at radius 3 is 2.87 bits per heavy atom. The summed E-state index contributed by atoms with van der Waals surface area (Å²) in [5.41, 5.74) is 0.926. The first-order chi connectivity index (χ1) is 11.3. The zero-order valence-corrected chi connectivity index (χ0v) is 13.8. The Morgan fingerprint density at radius 2 is 2.13 bits per heavy atom. The molecule has 1 aliphatic rings. The lowest BCUT2D eigenvalue weighted by Crippen LogP contribution is -2.41. The summed E-state index contributed by atoms with van der Waals surface area (Å²) in [7, 11) is 1.66. The molecule has 2 aromatic rings. The topological polar surface area (TPSA) is 30.5 Å². The number of nitrogens with one attached hydrogen (secondary N) is 1. The molecule has 1 aliphatic heterocycles. The first-order valence-electron chi connectivity index (χ1n) is 7.65. The van der Waals surface area contributed by atoms with Crippen LogP contribution in [0.1, 0.15) is 10.8 Å². The van der Waals surface area contributed by atoms with Gasteiger partial charge in [0.15, 0.2) is 0 Å². The molecular formula is C18H20FNO2S. The molecule has 0 spiro atoms.